The number of nitrogens with one attached hydrogen (secondary N) is 2. The zero-order valence-electron chi connectivity index (χ0n) is 38.7. The van der Waals surface area contributed by atoms with Crippen molar-refractivity contribution in [1.29, 1.82) is 0 Å². The molecule has 16 heteroatoms. The number of carboxylic acids is 2. The summed E-state index contributed by atoms with van der Waals surface area (Å²) in [6.07, 6.45) is 7.26. The van der Waals surface area contributed by atoms with E-state index in [0.717, 1.165) is 99.5 Å². The molecule has 0 aromatic heterocycles. The molecule has 0 atom stereocenters. The van der Waals surface area contributed by atoms with E-state index in [4.69, 9.17) is 32.4 Å². The summed E-state index contributed by atoms with van der Waals surface area (Å²) in [6.45, 7) is 3.64. The molecule has 5 aromatic rings. The van der Waals surface area contributed by atoms with Crippen LogP contribution in [0.4, 0.5) is 5.69 Å². The molecular weight excluding hydrogens is 960 g/mol. The number of nitrogens with zero attached hydrogens (tertiary/aromatic N) is 2. The first-order valence-electron chi connectivity index (χ1n) is 24.2. The topological polar surface area (TPSA) is 199 Å². The van der Waals surface area contributed by atoms with Crippen molar-refractivity contribution in [3.05, 3.63) is 159 Å². The molecule has 72 heavy (non-hydrogen) atoms. The highest BCUT2D eigenvalue weighted by molar-refractivity contribution is 6.40. The van der Waals surface area contributed by atoms with Crippen molar-refractivity contribution in [2.75, 3.05) is 44.2 Å². The normalized spacial score (nSPS) is 15.3. The molecule has 0 spiro atoms. The average molecular weight is 1000 g/mol. The number of benzene rings is 6. The minimum absolute atomic E-state index is 0.0192. The largest absolute Gasteiger partial charge is 0.508 e. The second-order valence-corrected chi connectivity index (χ2v) is 19.8. The molecule has 0 unspecified atom stereocenters. The summed E-state index contributed by atoms with van der Waals surface area (Å²) >= 11 is 14.3. The van der Waals surface area contributed by atoms with E-state index in [1.807, 2.05) is 0 Å². The maximum atomic E-state index is 14.0. The predicted molar refractivity (Wildman–Crippen MR) is 272 cm³/mol. The quantitative estimate of drug-likeness (QED) is 0.0543. The molecule has 0 saturated heterocycles. The van der Waals surface area contributed by atoms with Crippen LogP contribution in [0.3, 0.4) is 0 Å². The Hall–Kier alpha value is -7.68. The molecule has 2 amide bonds. The zero-order chi connectivity index (χ0) is 49.7. The number of aromatic carboxylic acids is 2. The molecular formula is C56H45Cl2N4O10+. The highest BCUT2D eigenvalue weighted by Crippen LogP contribution is 2.50. The lowest BCUT2D eigenvalue weighted by Crippen LogP contribution is -2.45. The van der Waals surface area contributed by atoms with Gasteiger partial charge in [-0.15, -0.1) is 0 Å². The first kappa shape index (κ1) is 45.5. The Kier molecular flexibility index (Phi) is 11.1. The number of aromatic hydroxyl groups is 1. The molecule has 0 radical (unpaired) electrons. The van der Waals surface area contributed by atoms with E-state index in [1.165, 1.54) is 76.8 Å². The van der Waals surface area contributed by atoms with Crippen LogP contribution in [0.1, 0.15) is 100 Å². The highest BCUT2D eigenvalue weighted by atomic mass is 35.5. The average Bonchev–Trinajstić information content (AvgIpc) is 3.37. The van der Waals surface area contributed by atoms with E-state index >= 15 is 0 Å². The van der Waals surface area contributed by atoms with Gasteiger partial charge in [-0.05, 0) is 104 Å². The standard InChI is InChI=1S/C56H44Cl2N4O10/c57-41-26-40(54(66)60-16-15-59-53(65)29-9-12-32(37(23-29)55(67)68)44-33-13-10-30(63)24-42(33)71-43-25-31(64)11-14-34(43)44)48(58)47(56(69)70)46(41)45-38-21-27-5-1-17-61-19-3-7-35(49(27)61)51(38)72-52-36-8-4-20-62-18-2-6-28(50(36)62)22-39(45)52/h9-14,21-26H,1-8,15-20H2,(H4-,59,60,63,64,65,66,67,68,69,70)/p+1. The number of carbonyl (C=O) groups is 4. The van der Waals surface area contributed by atoms with E-state index < -0.39 is 23.8 Å². The second kappa shape index (κ2) is 17.6. The lowest BCUT2D eigenvalue weighted by molar-refractivity contribution is 0.0686. The number of phenolic OH excluding ortho intramolecular Hbond substituents is 1. The third-order valence-corrected chi connectivity index (χ3v) is 15.5. The van der Waals surface area contributed by atoms with Gasteiger partial charge in [-0.25, -0.2) is 14.2 Å². The van der Waals surface area contributed by atoms with Gasteiger partial charge in [0.1, 0.15) is 41.7 Å². The molecule has 5 aromatic carbocycles. The summed E-state index contributed by atoms with van der Waals surface area (Å²) in [4.78, 5) is 68.6. The molecule has 6 aliphatic heterocycles. The van der Waals surface area contributed by atoms with Crippen LogP contribution in [0.5, 0.6) is 17.2 Å². The van der Waals surface area contributed by atoms with Crippen LogP contribution in [0.2, 0.25) is 10.0 Å². The van der Waals surface area contributed by atoms with Gasteiger partial charge in [0.15, 0.2) is 5.43 Å². The predicted octanol–water partition coefficient (Wildman–Crippen LogP) is 7.57. The van der Waals surface area contributed by atoms with Gasteiger partial charge in [-0.1, -0.05) is 29.3 Å². The van der Waals surface area contributed by atoms with Crippen molar-refractivity contribution in [3.63, 3.8) is 0 Å². The van der Waals surface area contributed by atoms with Crippen LogP contribution in [0, 0.1) is 0 Å². The number of carboxylic acid groups (broad SMARTS) is 2. The van der Waals surface area contributed by atoms with Gasteiger partial charge in [0.05, 0.1) is 32.3 Å². The van der Waals surface area contributed by atoms with Crippen LogP contribution in [-0.4, -0.2) is 78.3 Å². The van der Waals surface area contributed by atoms with E-state index in [9.17, 15) is 39.3 Å². The number of amides is 2. The van der Waals surface area contributed by atoms with Gasteiger partial charge in [0.25, 0.3) is 11.8 Å². The van der Waals surface area contributed by atoms with Gasteiger partial charge in [0, 0.05) is 112 Å². The van der Waals surface area contributed by atoms with Crippen molar-refractivity contribution in [3.8, 4) is 39.7 Å². The zero-order valence-corrected chi connectivity index (χ0v) is 40.2. The number of hydrogen-bond acceptors (Lipinski definition) is 9. The van der Waals surface area contributed by atoms with Crippen molar-refractivity contribution >= 4 is 69.2 Å². The monoisotopic (exact) mass is 1000 g/mol. The smallest absolute Gasteiger partial charge is 0.337 e. The fraction of sp³-hybridized carbons (Fsp3) is 0.250. The summed E-state index contributed by atoms with van der Waals surface area (Å²) < 4.78 is 15.5. The summed E-state index contributed by atoms with van der Waals surface area (Å²) in [5, 5.41) is 39.3. The molecule has 0 bridgehead atoms. The summed E-state index contributed by atoms with van der Waals surface area (Å²) in [5.41, 5.74) is 7.74. The van der Waals surface area contributed by atoms with Gasteiger partial charge in [-0.3, -0.25) is 14.4 Å². The minimum atomic E-state index is -1.36. The number of halogens is 2. The molecule has 5 N–H and O–H groups in total. The lowest BCUT2D eigenvalue weighted by Gasteiger charge is -2.39. The Bertz CT molecular complexity index is 3760. The maximum Gasteiger partial charge on any atom is 0.337 e. The minimum Gasteiger partial charge on any atom is -0.508 e. The van der Waals surface area contributed by atoms with Gasteiger partial charge < -0.3 is 40.0 Å². The molecule has 0 saturated carbocycles. The number of aryl methyl sites for hydroxylation is 2. The van der Waals surface area contributed by atoms with Crippen LogP contribution >= 0.6 is 23.2 Å². The molecule has 14 nitrogen and oxygen atoms in total. The van der Waals surface area contributed by atoms with Crippen LogP contribution in [0.15, 0.2) is 82.0 Å². The Labute approximate surface area is 420 Å². The van der Waals surface area contributed by atoms with E-state index in [0.29, 0.717) is 33.6 Å². The third kappa shape index (κ3) is 7.37. The maximum absolute atomic E-state index is 14.0. The highest BCUT2D eigenvalue weighted by Gasteiger charge is 2.38. The summed E-state index contributed by atoms with van der Waals surface area (Å²) in [6, 6.07) is 18.4. The molecule has 1 aliphatic carbocycles. The number of fused-ring (bicyclic) bond motifs is 6. The first-order chi connectivity index (χ1) is 34.8. The fourth-order valence-electron chi connectivity index (χ4n) is 11.8. The van der Waals surface area contributed by atoms with Crippen molar-refractivity contribution in [1.82, 2.24) is 15.2 Å². The number of rotatable bonds is 9. The summed E-state index contributed by atoms with van der Waals surface area (Å²) in [7, 11) is 0. The Morgan fingerprint density at radius 2 is 1.43 bits per heavy atom. The molecule has 12 rings (SSSR count). The third-order valence-electron chi connectivity index (χ3n) is 14.8. The van der Waals surface area contributed by atoms with Crippen LogP contribution < -0.4 is 40.9 Å². The number of hydrogen-bond donors (Lipinski definition) is 5. The van der Waals surface area contributed by atoms with Crippen molar-refractivity contribution in [2.45, 2.75) is 51.4 Å². The lowest BCUT2D eigenvalue weighted by atomic mass is 9.81. The van der Waals surface area contributed by atoms with E-state index in [-0.39, 0.29) is 79.0 Å². The van der Waals surface area contributed by atoms with Gasteiger partial charge >= 0.3 is 11.9 Å². The Morgan fingerprint density at radius 3 is 2.22 bits per heavy atom. The summed E-state index contributed by atoms with van der Waals surface area (Å²) in [5.74, 6) is -2.51. The number of ether oxygens (including phenoxy) is 1. The molecule has 0 fully saturated rings. The van der Waals surface area contributed by atoms with Gasteiger partial charge in [0.2, 0.25) is 5.36 Å². The van der Waals surface area contributed by atoms with Gasteiger partial charge in [-0.2, -0.15) is 0 Å². The van der Waals surface area contributed by atoms with Crippen molar-refractivity contribution in [2.24, 2.45) is 0 Å². The van der Waals surface area contributed by atoms with Crippen LogP contribution in [0.25, 0.3) is 39.0 Å². The molecule has 362 valence electrons. The number of carbonyl (C=O) groups excluding carboxylic acids is 2. The van der Waals surface area contributed by atoms with Crippen LogP contribution in [-0.2, 0) is 25.7 Å². The molecule has 7 aliphatic rings. The number of phenols is 1. The first-order valence-corrected chi connectivity index (χ1v) is 24.9. The van der Waals surface area contributed by atoms with Crippen molar-refractivity contribution < 1.29 is 43.7 Å². The second-order valence-electron chi connectivity index (χ2n) is 19.0. The SMILES string of the molecule is O=C(NCCNC(=O)c1cc(Cl)c(C2=c3cc4c5c(c3Oc3c2cc2c6c3CCCN6CCC2)CCC[N+]=5CCC4)c(C(=O)O)c1Cl)c1ccc(-c2c3ccc(=O)cc-3oc3cc(O)ccc23)c(C(=O)O)c1. The fourth-order valence-corrected chi connectivity index (χ4v) is 12.4. The van der Waals surface area contributed by atoms with E-state index in [2.05, 4.69) is 32.2 Å². The van der Waals surface area contributed by atoms with E-state index in [1.54, 1.807) is 6.07 Å². The Morgan fingerprint density at radius 1 is 0.694 bits per heavy atom. The number of anilines is 1. The molecule has 6 heterocycles. The Balaban J connectivity index is 0.860.